The Labute approximate surface area is 128 Å². The van der Waals surface area contributed by atoms with Crippen LogP contribution in [0, 0.1) is 0 Å². The van der Waals surface area contributed by atoms with Gasteiger partial charge in [-0.1, -0.05) is 0 Å². The molecule has 1 amide bonds. The summed E-state index contributed by atoms with van der Waals surface area (Å²) in [5.41, 5.74) is 0.380. The predicted molar refractivity (Wildman–Crippen MR) is 79.0 cm³/mol. The topological polar surface area (TPSA) is 98.5 Å². The molecular weight excluding hydrogens is 306 g/mol. The van der Waals surface area contributed by atoms with Gasteiger partial charge in [-0.3, -0.25) is 14.5 Å². The van der Waals surface area contributed by atoms with Crippen LogP contribution < -0.4 is 5.32 Å². The second-order valence-corrected chi connectivity index (χ2v) is 5.02. The first-order chi connectivity index (χ1) is 10.7. The van der Waals surface area contributed by atoms with Gasteiger partial charge in [0.2, 0.25) is 5.78 Å². The van der Waals surface area contributed by atoms with E-state index in [1.54, 1.807) is 36.0 Å². The normalized spacial score (nSPS) is 10.6. The number of carbonyl (C=O) groups excluding carboxylic acids is 2. The predicted octanol–water partition coefficient (Wildman–Crippen LogP) is 1.61. The molecule has 0 radical (unpaired) electrons. The Hall–Kier alpha value is -2.81. The molecular formula is C13H11N5O3S. The maximum Gasteiger partial charge on any atom is 0.357 e. The first-order valence-electron chi connectivity index (χ1n) is 6.41. The van der Waals surface area contributed by atoms with Crippen LogP contribution >= 0.6 is 11.3 Å². The second-order valence-electron chi connectivity index (χ2n) is 4.17. The number of rotatable bonds is 4. The highest BCUT2D eigenvalue weighted by Gasteiger charge is 2.16. The number of esters is 1. The molecule has 0 saturated carbocycles. The number of amides is 1. The molecule has 112 valence electrons. The van der Waals surface area contributed by atoms with Gasteiger partial charge >= 0.3 is 5.97 Å². The van der Waals surface area contributed by atoms with Crippen LogP contribution in [0.3, 0.4) is 0 Å². The van der Waals surface area contributed by atoms with E-state index in [1.807, 2.05) is 0 Å². The number of hydrogen-bond acceptors (Lipinski definition) is 7. The zero-order valence-electron chi connectivity index (χ0n) is 11.5. The van der Waals surface area contributed by atoms with Crippen molar-refractivity contribution in [3.63, 3.8) is 0 Å². The molecule has 0 aromatic carbocycles. The third-order valence-corrected chi connectivity index (χ3v) is 3.44. The molecule has 0 spiro atoms. The fourth-order valence-electron chi connectivity index (χ4n) is 1.73. The summed E-state index contributed by atoms with van der Waals surface area (Å²) in [6.07, 6.45) is 4.91. The van der Waals surface area contributed by atoms with Crippen LogP contribution in [0.2, 0.25) is 0 Å². The van der Waals surface area contributed by atoms with Crippen molar-refractivity contribution in [2.45, 2.75) is 6.92 Å². The summed E-state index contributed by atoms with van der Waals surface area (Å²) in [6.45, 7) is 1.98. The number of carbonyl (C=O) groups is 2. The lowest BCUT2D eigenvalue weighted by molar-refractivity contribution is 0.0520. The molecule has 0 fully saturated rings. The van der Waals surface area contributed by atoms with E-state index >= 15 is 0 Å². The van der Waals surface area contributed by atoms with Crippen molar-refractivity contribution < 1.29 is 14.3 Å². The first-order valence-corrected chi connectivity index (χ1v) is 7.29. The molecule has 0 atom stereocenters. The lowest BCUT2D eigenvalue weighted by Gasteiger charge is -1.98. The van der Waals surface area contributed by atoms with Crippen molar-refractivity contribution in [2.24, 2.45) is 0 Å². The molecule has 9 heteroatoms. The smallest absolute Gasteiger partial charge is 0.357 e. The number of anilines is 1. The van der Waals surface area contributed by atoms with Crippen molar-refractivity contribution in [3.05, 3.63) is 41.4 Å². The van der Waals surface area contributed by atoms with Gasteiger partial charge in [0.05, 0.1) is 6.61 Å². The summed E-state index contributed by atoms with van der Waals surface area (Å²) in [5.74, 6) is -0.509. The Balaban J connectivity index is 1.75. The van der Waals surface area contributed by atoms with Crippen LogP contribution in [0.4, 0.5) is 5.13 Å². The Morgan fingerprint density at radius 3 is 3.00 bits per heavy atom. The van der Waals surface area contributed by atoms with E-state index in [0.717, 1.165) is 11.3 Å². The quantitative estimate of drug-likeness (QED) is 0.734. The van der Waals surface area contributed by atoms with Crippen LogP contribution in [0.5, 0.6) is 0 Å². The number of fused-ring (bicyclic) bond motifs is 1. The van der Waals surface area contributed by atoms with E-state index in [9.17, 15) is 9.59 Å². The molecule has 0 aliphatic carbocycles. The van der Waals surface area contributed by atoms with Gasteiger partial charge < -0.3 is 4.74 Å². The van der Waals surface area contributed by atoms with Crippen LogP contribution in [0.15, 0.2) is 30.0 Å². The molecule has 0 saturated heterocycles. The average Bonchev–Trinajstić information content (AvgIpc) is 3.13. The summed E-state index contributed by atoms with van der Waals surface area (Å²) in [6, 6.07) is 1.74. The van der Waals surface area contributed by atoms with Gasteiger partial charge in [0, 0.05) is 24.0 Å². The lowest BCUT2D eigenvalue weighted by atomic mass is 10.4. The van der Waals surface area contributed by atoms with Crippen molar-refractivity contribution >= 4 is 34.1 Å². The van der Waals surface area contributed by atoms with Gasteiger partial charge in [-0.25, -0.2) is 19.7 Å². The first kappa shape index (κ1) is 14.1. The summed E-state index contributed by atoms with van der Waals surface area (Å²) < 4.78 is 6.48. The third-order valence-electron chi connectivity index (χ3n) is 2.68. The molecule has 3 rings (SSSR count). The Kier molecular flexibility index (Phi) is 3.79. The highest BCUT2D eigenvalue weighted by molar-refractivity contribution is 7.14. The summed E-state index contributed by atoms with van der Waals surface area (Å²) >= 11 is 1.14. The Morgan fingerprint density at radius 1 is 1.36 bits per heavy atom. The monoisotopic (exact) mass is 317 g/mol. The highest BCUT2D eigenvalue weighted by Crippen LogP contribution is 2.17. The minimum absolute atomic E-state index is 0.166. The number of ether oxygens (including phenoxy) is 1. The van der Waals surface area contributed by atoms with Crippen molar-refractivity contribution in [2.75, 3.05) is 11.9 Å². The number of imidazole rings is 1. The fraction of sp³-hybridized carbons (Fsp3) is 0.154. The minimum Gasteiger partial charge on any atom is -0.461 e. The van der Waals surface area contributed by atoms with Gasteiger partial charge in [0.1, 0.15) is 5.69 Å². The zero-order chi connectivity index (χ0) is 15.5. The van der Waals surface area contributed by atoms with E-state index in [4.69, 9.17) is 4.74 Å². The maximum absolute atomic E-state index is 12.1. The molecule has 1 N–H and O–H groups in total. The van der Waals surface area contributed by atoms with E-state index in [1.165, 1.54) is 5.38 Å². The molecule has 0 bridgehead atoms. The van der Waals surface area contributed by atoms with E-state index in [-0.39, 0.29) is 18.0 Å². The van der Waals surface area contributed by atoms with Crippen LogP contribution in [0.25, 0.3) is 5.78 Å². The minimum atomic E-state index is -0.517. The molecule has 3 aromatic rings. The second kappa shape index (κ2) is 5.90. The number of hydrogen-bond donors (Lipinski definition) is 1. The fourth-order valence-corrected chi connectivity index (χ4v) is 2.41. The third kappa shape index (κ3) is 2.79. The largest absolute Gasteiger partial charge is 0.461 e. The number of nitrogens with zero attached hydrogens (tertiary/aromatic N) is 4. The number of thiazole rings is 1. The van der Waals surface area contributed by atoms with Gasteiger partial charge in [0.25, 0.3) is 5.91 Å². The van der Waals surface area contributed by atoms with E-state index in [0.29, 0.717) is 10.9 Å². The SMILES string of the molecule is CCOC(=O)c1csc(NC(=O)c2cn3cccnc3n2)n1. The van der Waals surface area contributed by atoms with E-state index in [2.05, 4.69) is 20.3 Å². The van der Waals surface area contributed by atoms with Crippen LogP contribution in [0.1, 0.15) is 27.9 Å². The lowest BCUT2D eigenvalue weighted by Crippen LogP contribution is -2.12. The Bertz CT molecular complexity index is 808. The van der Waals surface area contributed by atoms with Crippen molar-refractivity contribution in [1.82, 2.24) is 19.4 Å². The standard InChI is InChI=1S/C13H11N5O3S/c1-2-21-11(20)9-7-22-13(16-9)17-10(19)8-6-18-5-3-4-14-12(18)15-8/h3-7H,2H2,1H3,(H,16,17,19). The zero-order valence-corrected chi connectivity index (χ0v) is 12.3. The molecule has 0 aliphatic rings. The van der Waals surface area contributed by atoms with Gasteiger partial charge in [-0.2, -0.15) is 0 Å². The average molecular weight is 317 g/mol. The number of nitrogens with one attached hydrogen (secondary N) is 1. The molecule has 8 nitrogen and oxygen atoms in total. The van der Waals surface area contributed by atoms with Crippen LogP contribution in [-0.4, -0.2) is 37.8 Å². The van der Waals surface area contributed by atoms with Crippen LogP contribution in [-0.2, 0) is 4.74 Å². The molecule has 0 unspecified atom stereocenters. The summed E-state index contributed by atoms with van der Waals surface area (Å²) in [5, 5.41) is 4.42. The van der Waals surface area contributed by atoms with Crippen molar-refractivity contribution in [1.29, 1.82) is 0 Å². The van der Waals surface area contributed by atoms with Gasteiger partial charge in [-0.05, 0) is 13.0 Å². The van der Waals surface area contributed by atoms with Crippen molar-refractivity contribution in [3.8, 4) is 0 Å². The Morgan fingerprint density at radius 2 is 2.23 bits per heavy atom. The van der Waals surface area contributed by atoms with E-state index < -0.39 is 11.9 Å². The summed E-state index contributed by atoms with van der Waals surface area (Å²) in [7, 11) is 0. The molecule has 0 aliphatic heterocycles. The number of aromatic nitrogens is 4. The summed E-state index contributed by atoms with van der Waals surface area (Å²) in [4.78, 5) is 35.8. The van der Waals surface area contributed by atoms with Gasteiger partial charge in [-0.15, -0.1) is 11.3 Å². The van der Waals surface area contributed by atoms with Gasteiger partial charge in [0.15, 0.2) is 10.8 Å². The molecule has 3 heterocycles. The molecule has 22 heavy (non-hydrogen) atoms. The maximum atomic E-state index is 12.1. The molecule has 3 aromatic heterocycles. The highest BCUT2D eigenvalue weighted by atomic mass is 32.1.